The lowest BCUT2D eigenvalue weighted by Crippen LogP contribution is -2.30. The largest absolute Gasteiger partial charge is 0.329 e. The summed E-state index contributed by atoms with van der Waals surface area (Å²) in [5, 5.41) is 4.39. The molecule has 2 rings (SSSR count). The van der Waals surface area contributed by atoms with Gasteiger partial charge in [-0.2, -0.15) is 5.10 Å². The van der Waals surface area contributed by atoms with Gasteiger partial charge in [-0.1, -0.05) is 6.07 Å². The molecule has 2 heterocycles. The highest BCUT2D eigenvalue weighted by Gasteiger charge is 2.19. The van der Waals surface area contributed by atoms with Gasteiger partial charge in [0.15, 0.2) is 0 Å². The van der Waals surface area contributed by atoms with E-state index in [9.17, 15) is 0 Å². The van der Waals surface area contributed by atoms with Gasteiger partial charge in [-0.05, 0) is 25.6 Å². The number of nitrogens with zero attached hydrogens (tertiary/aromatic N) is 4. The van der Waals surface area contributed by atoms with Crippen LogP contribution >= 0.6 is 0 Å². The third kappa shape index (κ3) is 3.19. The predicted octanol–water partition coefficient (Wildman–Crippen LogP) is 1.26. The second kappa shape index (κ2) is 5.95. The van der Waals surface area contributed by atoms with Crippen molar-refractivity contribution in [2.45, 2.75) is 19.5 Å². The summed E-state index contributed by atoms with van der Waals surface area (Å²) in [7, 11) is 4.02. The molecule has 1 atom stereocenters. The fourth-order valence-corrected chi connectivity index (χ4v) is 2.38. The van der Waals surface area contributed by atoms with E-state index in [2.05, 4.69) is 28.1 Å². The third-order valence-corrected chi connectivity index (χ3v) is 3.32. The smallest absolute Gasteiger partial charge is 0.0641 e. The van der Waals surface area contributed by atoms with Gasteiger partial charge >= 0.3 is 0 Å². The second-order valence-corrected chi connectivity index (χ2v) is 4.87. The molecule has 0 amide bonds. The summed E-state index contributed by atoms with van der Waals surface area (Å²) < 4.78 is 1.84. The fourth-order valence-electron chi connectivity index (χ4n) is 2.38. The van der Waals surface area contributed by atoms with Crippen LogP contribution in [0.15, 0.2) is 30.7 Å². The average Bonchev–Trinajstić information content (AvgIpc) is 2.71. The number of hydrogen-bond donors (Lipinski definition) is 1. The molecule has 2 aromatic heterocycles. The zero-order chi connectivity index (χ0) is 13.8. The van der Waals surface area contributed by atoms with Gasteiger partial charge in [0, 0.05) is 44.3 Å². The van der Waals surface area contributed by atoms with Crippen LogP contribution in [0.3, 0.4) is 0 Å². The maximum absolute atomic E-state index is 5.94. The number of hydrogen-bond acceptors (Lipinski definition) is 4. The molecule has 0 bridgehead atoms. The Morgan fingerprint density at radius 2 is 2.26 bits per heavy atom. The minimum atomic E-state index is 0.175. The van der Waals surface area contributed by atoms with E-state index in [-0.39, 0.29) is 6.04 Å². The van der Waals surface area contributed by atoms with Crippen molar-refractivity contribution in [3.8, 4) is 0 Å². The first kappa shape index (κ1) is 13.7. The summed E-state index contributed by atoms with van der Waals surface area (Å²) in [6.07, 6.45) is 5.72. The first-order chi connectivity index (χ1) is 9.11. The molecule has 0 spiro atoms. The minimum absolute atomic E-state index is 0.175. The summed E-state index contributed by atoms with van der Waals surface area (Å²) in [5.74, 6) is 0. The molecule has 0 aliphatic heterocycles. The van der Waals surface area contributed by atoms with Crippen LogP contribution in [0.4, 0.5) is 0 Å². The Kier molecular flexibility index (Phi) is 4.29. The summed E-state index contributed by atoms with van der Waals surface area (Å²) in [6.45, 7) is 3.42. The van der Waals surface area contributed by atoms with E-state index in [1.807, 2.05) is 37.1 Å². The minimum Gasteiger partial charge on any atom is -0.329 e. The number of likely N-dealkylation sites (N-methyl/N-ethyl adjacent to an activating group) is 1. The molecule has 19 heavy (non-hydrogen) atoms. The molecule has 1 unspecified atom stereocenters. The number of nitrogens with two attached hydrogens (primary N) is 1. The Balaban J connectivity index is 2.15. The summed E-state index contributed by atoms with van der Waals surface area (Å²) in [4.78, 5) is 6.38. The van der Waals surface area contributed by atoms with E-state index in [0.717, 1.165) is 12.2 Å². The Labute approximate surface area is 114 Å². The zero-order valence-electron chi connectivity index (χ0n) is 11.7. The van der Waals surface area contributed by atoms with Crippen LogP contribution < -0.4 is 5.73 Å². The lowest BCUT2D eigenvalue weighted by molar-refractivity contribution is 0.241. The van der Waals surface area contributed by atoms with Gasteiger partial charge in [-0.25, -0.2) is 0 Å². The van der Waals surface area contributed by atoms with Gasteiger partial charge in [0.2, 0.25) is 0 Å². The standard InChI is InChI=1S/C14H21N5/c1-11-13(10-19(3)17-11)14(7-15)18(2)9-12-5-4-6-16-8-12/h4-6,8,10,14H,7,9,15H2,1-3H3. The number of rotatable bonds is 5. The van der Waals surface area contributed by atoms with Gasteiger partial charge in [0.25, 0.3) is 0 Å². The molecule has 0 fully saturated rings. The molecule has 0 aliphatic carbocycles. The van der Waals surface area contributed by atoms with Crippen molar-refractivity contribution < 1.29 is 0 Å². The molecule has 0 saturated heterocycles. The highest BCUT2D eigenvalue weighted by molar-refractivity contribution is 5.21. The molecule has 5 heteroatoms. The van der Waals surface area contributed by atoms with Gasteiger partial charge in [-0.3, -0.25) is 14.6 Å². The van der Waals surface area contributed by atoms with Crippen molar-refractivity contribution >= 4 is 0 Å². The second-order valence-electron chi connectivity index (χ2n) is 4.87. The molecule has 0 saturated carbocycles. The van der Waals surface area contributed by atoms with Gasteiger partial charge in [0.1, 0.15) is 0 Å². The molecule has 2 aromatic rings. The van der Waals surface area contributed by atoms with Gasteiger partial charge in [-0.15, -0.1) is 0 Å². The molecule has 0 aromatic carbocycles. The molecule has 5 nitrogen and oxygen atoms in total. The lowest BCUT2D eigenvalue weighted by atomic mass is 10.1. The van der Waals surface area contributed by atoms with E-state index >= 15 is 0 Å². The highest BCUT2D eigenvalue weighted by atomic mass is 15.3. The van der Waals surface area contributed by atoms with Crippen molar-refractivity contribution in [2.75, 3.05) is 13.6 Å². The van der Waals surface area contributed by atoms with E-state index in [0.29, 0.717) is 6.54 Å². The fraction of sp³-hybridized carbons (Fsp3) is 0.429. The van der Waals surface area contributed by atoms with E-state index in [4.69, 9.17) is 5.73 Å². The molecule has 2 N–H and O–H groups in total. The number of pyridine rings is 1. The van der Waals surface area contributed by atoms with Crippen molar-refractivity contribution in [3.05, 3.63) is 47.5 Å². The van der Waals surface area contributed by atoms with E-state index in [1.54, 1.807) is 6.20 Å². The summed E-state index contributed by atoms with van der Waals surface area (Å²) in [5.41, 5.74) is 9.36. The van der Waals surface area contributed by atoms with Crippen LogP contribution in [0, 0.1) is 6.92 Å². The predicted molar refractivity (Wildman–Crippen MR) is 75.4 cm³/mol. The average molecular weight is 259 g/mol. The Morgan fingerprint density at radius 1 is 1.47 bits per heavy atom. The monoisotopic (exact) mass is 259 g/mol. The molecule has 102 valence electrons. The normalized spacial score (nSPS) is 12.9. The van der Waals surface area contributed by atoms with Crippen molar-refractivity contribution in [3.63, 3.8) is 0 Å². The zero-order valence-corrected chi connectivity index (χ0v) is 11.7. The molecular formula is C14H21N5. The van der Waals surface area contributed by atoms with E-state index in [1.165, 1.54) is 11.1 Å². The van der Waals surface area contributed by atoms with Crippen LogP contribution in [0.1, 0.15) is 22.9 Å². The van der Waals surface area contributed by atoms with Crippen LogP contribution in [-0.2, 0) is 13.6 Å². The van der Waals surface area contributed by atoms with Crippen molar-refractivity contribution in [1.82, 2.24) is 19.7 Å². The van der Waals surface area contributed by atoms with Crippen molar-refractivity contribution in [2.24, 2.45) is 12.8 Å². The molecular weight excluding hydrogens is 238 g/mol. The Morgan fingerprint density at radius 3 is 2.79 bits per heavy atom. The van der Waals surface area contributed by atoms with Crippen molar-refractivity contribution in [1.29, 1.82) is 0 Å². The summed E-state index contributed by atoms with van der Waals surface area (Å²) in [6, 6.07) is 4.21. The molecule has 0 radical (unpaired) electrons. The van der Waals surface area contributed by atoms with E-state index < -0.39 is 0 Å². The van der Waals surface area contributed by atoms with Crippen LogP contribution in [-0.4, -0.2) is 33.3 Å². The first-order valence-electron chi connectivity index (χ1n) is 6.41. The number of aryl methyl sites for hydroxylation is 2. The third-order valence-electron chi connectivity index (χ3n) is 3.32. The van der Waals surface area contributed by atoms with Gasteiger partial charge < -0.3 is 5.73 Å². The molecule has 0 aliphatic rings. The quantitative estimate of drug-likeness (QED) is 0.878. The Bertz CT molecular complexity index is 520. The highest BCUT2D eigenvalue weighted by Crippen LogP contribution is 2.22. The SMILES string of the molecule is Cc1nn(C)cc1C(CN)N(C)Cc1cccnc1. The lowest BCUT2D eigenvalue weighted by Gasteiger charge is -2.26. The summed E-state index contributed by atoms with van der Waals surface area (Å²) >= 11 is 0. The van der Waals surface area contributed by atoms with Crippen LogP contribution in [0.25, 0.3) is 0 Å². The first-order valence-corrected chi connectivity index (χ1v) is 6.41. The van der Waals surface area contributed by atoms with Crippen LogP contribution in [0.2, 0.25) is 0 Å². The van der Waals surface area contributed by atoms with Crippen LogP contribution in [0.5, 0.6) is 0 Å². The maximum atomic E-state index is 5.94. The number of aromatic nitrogens is 3. The Hall–Kier alpha value is -1.72. The topological polar surface area (TPSA) is 60.0 Å². The maximum Gasteiger partial charge on any atom is 0.0641 e. The van der Waals surface area contributed by atoms with Gasteiger partial charge in [0.05, 0.1) is 11.7 Å².